The van der Waals surface area contributed by atoms with Crippen LogP contribution in [-0.2, 0) is 21.2 Å². The molecule has 0 aliphatic carbocycles. The molecular formula is C24H20N2O5S. The van der Waals surface area contributed by atoms with Crippen molar-refractivity contribution >= 4 is 32.7 Å². The Labute approximate surface area is 185 Å². The minimum Gasteiger partial charge on any atom is -0.481 e. The Morgan fingerprint density at radius 1 is 1.03 bits per heavy atom. The van der Waals surface area contributed by atoms with E-state index in [1.807, 2.05) is 24.3 Å². The van der Waals surface area contributed by atoms with Crippen molar-refractivity contribution in [3.63, 3.8) is 0 Å². The second-order valence-corrected chi connectivity index (χ2v) is 9.22. The van der Waals surface area contributed by atoms with Gasteiger partial charge < -0.3 is 5.11 Å². The number of Topliss-reactive ketones (excluding diaryl/α,β-unsaturated/α-hetero) is 1. The largest absolute Gasteiger partial charge is 0.481 e. The van der Waals surface area contributed by atoms with E-state index in [0.29, 0.717) is 22.0 Å². The number of carbonyl (C=O) groups excluding carboxylic acids is 1. The summed E-state index contributed by atoms with van der Waals surface area (Å²) in [6, 6.07) is 14.8. The zero-order chi connectivity index (χ0) is 22.9. The van der Waals surface area contributed by atoms with Crippen molar-refractivity contribution in [2.24, 2.45) is 0 Å². The number of nitrogens with zero attached hydrogens (tertiary/aromatic N) is 2. The molecule has 0 unspecified atom stereocenters. The third kappa shape index (κ3) is 4.04. The van der Waals surface area contributed by atoms with Gasteiger partial charge in [0.1, 0.15) is 0 Å². The normalized spacial score (nSPS) is 11.5. The predicted molar refractivity (Wildman–Crippen MR) is 120 cm³/mol. The first kappa shape index (κ1) is 21.5. The number of aryl methyl sites for hydroxylation is 1. The molecule has 32 heavy (non-hydrogen) atoms. The number of aliphatic carboxylic acids is 1. The third-order valence-corrected chi connectivity index (χ3v) is 6.96. The summed E-state index contributed by atoms with van der Waals surface area (Å²) < 4.78 is 27.9. The van der Waals surface area contributed by atoms with Gasteiger partial charge in [-0.15, -0.1) is 0 Å². The molecule has 0 radical (unpaired) electrons. The highest BCUT2D eigenvalue weighted by Crippen LogP contribution is 2.31. The number of benzene rings is 2. The fourth-order valence-corrected chi connectivity index (χ4v) is 4.99. The summed E-state index contributed by atoms with van der Waals surface area (Å²) in [4.78, 5) is 26.8. The Bertz CT molecular complexity index is 1420. The third-order valence-electron chi connectivity index (χ3n) is 5.27. The molecule has 4 rings (SSSR count). The minimum absolute atomic E-state index is 0.0421. The molecule has 1 N–H and O–H groups in total. The maximum Gasteiger partial charge on any atom is 0.303 e. The van der Waals surface area contributed by atoms with Gasteiger partial charge in [0.25, 0.3) is 10.0 Å². The number of fused-ring (bicyclic) bond motifs is 1. The first-order chi connectivity index (χ1) is 15.3. The molecular weight excluding hydrogens is 428 g/mol. The van der Waals surface area contributed by atoms with E-state index in [0.717, 1.165) is 11.1 Å². The van der Waals surface area contributed by atoms with Gasteiger partial charge >= 0.3 is 5.97 Å². The standard InChI is InChI=1S/C24H20N2O5S/c1-16(27)17-4-8-21(9-5-17)32(30,31)26-15-20(7-11-24(28)29)22-13-18(6-10-23(22)26)19-3-2-12-25-14-19/h2-6,8-10,12-15H,7,11H2,1H3,(H,28,29). The Balaban J connectivity index is 1.86. The SMILES string of the molecule is CC(=O)c1ccc(S(=O)(=O)n2cc(CCC(=O)O)c3cc(-c4cccnc4)ccc32)cc1. The van der Waals surface area contributed by atoms with Crippen LogP contribution in [0.3, 0.4) is 0 Å². The lowest BCUT2D eigenvalue weighted by atomic mass is 10.0. The van der Waals surface area contributed by atoms with Crippen LogP contribution in [0.2, 0.25) is 0 Å². The molecule has 0 bridgehead atoms. The summed E-state index contributed by atoms with van der Waals surface area (Å²) in [6.45, 7) is 1.41. The van der Waals surface area contributed by atoms with Crippen LogP contribution in [-0.4, -0.2) is 34.2 Å². The Kier molecular flexibility index (Phi) is 5.63. The molecule has 0 saturated heterocycles. The highest BCUT2D eigenvalue weighted by atomic mass is 32.2. The number of carboxylic acids is 1. The molecule has 7 nitrogen and oxygen atoms in total. The van der Waals surface area contributed by atoms with Gasteiger partial charge in [-0.1, -0.05) is 24.3 Å². The Hall–Kier alpha value is -3.78. The summed E-state index contributed by atoms with van der Waals surface area (Å²) in [5, 5.41) is 9.80. The molecule has 2 heterocycles. The fourth-order valence-electron chi connectivity index (χ4n) is 3.59. The lowest BCUT2D eigenvalue weighted by Crippen LogP contribution is -2.12. The zero-order valence-electron chi connectivity index (χ0n) is 17.2. The van der Waals surface area contributed by atoms with Crippen LogP contribution >= 0.6 is 0 Å². The lowest BCUT2D eigenvalue weighted by molar-refractivity contribution is -0.136. The summed E-state index contributed by atoms with van der Waals surface area (Å²) in [7, 11) is -3.96. The van der Waals surface area contributed by atoms with Gasteiger partial charge in [0, 0.05) is 41.5 Å². The molecule has 0 fully saturated rings. The number of carboxylic acid groups (broad SMARTS) is 1. The fraction of sp³-hybridized carbons (Fsp3) is 0.125. The smallest absolute Gasteiger partial charge is 0.303 e. The van der Waals surface area contributed by atoms with Crippen molar-refractivity contribution in [3.8, 4) is 11.1 Å². The number of aromatic nitrogens is 2. The van der Waals surface area contributed by atoms with E-state index in [2.05, 4.69) is 4.98 Å². The van der Waals surface area contributed by atoms with Crippen LogP contribution in [0, 0.1) is 0 Å². The van der Waals surface area contributed by atoms with Gasteiger partial charge in [0.2, 0.25) is 0 Å². The highest BCUT2D eigenvalue weighted by Gasteiger charge is 2.22. The molecule has 0 saturated carbocycles. The van der Waals surface area contributed by atoms with Gasteiger partial charge in [0.05, 0.1) is 10.4 Å². The van der Waals surface area contributed by atoms with E-state index in [4.69, 9.17) is 5.11 Å². The molecule has 162 valence electrons. The Morgan fingerprint density at radius 3 is 2.41 bits per heavy atom. The van der Waals surface area contributed by atoms with E-state index in [9.17, 15) is 18.0 Å². The summed E-state index contributed by atoms with van der Waals surface area (Å²) >= 11 is 0. The number of pyridine rings is 1. The molecule has 0 amide bonds. The van der Waals surface area contributed by atoms with Crippen LogP contribution in [0.4, 0.5) is 0 Å². The number of rotatable bonds is 7. The number of ketones is 1. The number of hydrogen-bond donors (Lipinski definition) is 1. The van der Waals surface area contributed by atoms with Crippen molar-refractivity contribution < 1.29 is 23.1 Å². The quantitative estimate of drug-likeness (QED) is 0.426. The van der Waals surface area contributed by atoms with Crippen LogP contribution in [0.1, 0.15) is 29.3 Å². The summed E-state index contributed by atoms with van der Waals surface area (Å²) in [5.74, 6) is -1.11. The molecule has 4 aromatic rings. The first-order valence-electron chi connectivity index (χ1n) is 9.90. The van der Waals surface area contributed by atoms with Crippen LogP contribution in [0.15, 0.2) is 78.1 Å². The van der Waals surface area contributed by atoms with Crippen LogP contribution in [0.5, 0.6) is 0 Å². The van der Waals surface area contributed by atoms with Gasteiger partial charge in [0.15, 0.2) is 5.78 Å². The maximum absolute atomic E-state index is 13.4. The first-order valence-corrected chi connectivity index (χ1v) is 11.3. The lowest BCUT2D eigenvalue weighted by Gasteiger charge is -2.09. The average Bonchev–Trinajstić information content (AvgIpc) is 3.17. The summed E-state index contributed by atoms with van der Waals surface area (Å²) in [5.41, 5.74) is 3.22. The van der Waals surface area contributed by atoms with E-state index >= 15 is 0 Å². The van der Waals surface area contributed by atoms with E-state index in [-0.39, 0.29) is 23.5 Å². The topological polar surface area (TPSA) is 106 Å². The van der Waals surface area contributed by atoms with Gasteiger partial charge in [-0.3, -0.25) is 14.6 Å². The molecule has 0 atom stereocenters. The van der Waals surface area contributed by atoms with E-state index < -0.39 is 16.0 Å². The molecule has 0 aliphatic rings. The summed E-state index contributed by atoms with van der Waals surface area (Å²) in [6.07, 6.45) is 4.93. The van der Waals surface area contributed by atoms with Crippen molar-refractivity contribution in [1.82, 2.24) is 8.96 Å². The monoisotopic (exact) mass is 448 g/mol. The average molecular weight is 449 g/mol. The highest BCUT2D eigenvalue weighted by molar-refractivity contribution is 7.90. The van der Waals surface area contributed by atoms with Crippen molar-refractivity contribution in [3.05, 3.63) is 84.3 Å². The number of hydrogen-bond acceptors (Lipinski definition) is 5. The van der Waals surface area contributed by atoms with Crippen LogP contribution < -0.4 is 0 Å². The van der Waals surface area contributed by atoms with Crippen molar-refractivity contribution in [2.75, 3.05) is 0 Å². The maximum atomic E-state index is 13.4. The molecule has 0 aliphatic heterocycles. The minimum atomic E-state index is -3.96. The van der Waals surface area contributed by atoms with Crippen molar-refractivity contribution in [1.29, 1.82) is 0 Å². The molecule has 2 aromatic carbocycles. The molecule has 2 aromatic heterocycles. The van der Waals surface area contributed by atoms with Gasteiger partial charge in [-0.25, -0.2) is 12.4 Å². The predicted octanol–water partition coefficient (Wildman–Crippen LogP) is 4.16. The van der Waals surface area contributed by atoms with Gasteiger partial charge in [-0.05, 0) is 54.8 Å². The van der Waals surface area contributed by atoms with Crippen LogP contribution in [0.25, 0.3) is 22.0 Å². The van der Waals surface area contributed by atoms with Gasteiger partial charge in [-0.2, -0.15) is 0 Å². The molecule has 0 spiro atoms. The zero-order valence-corrected chi connectivity index (χ0v) is 18.0. The number of carbonyl (C=O) groups is 2. The Morgan fingerprint density at radius 2 is 1.78 bits per heavy atom. The van der Waals surface area contributed by atoms with Crippen molar-refractivity contribution in [2.45, 2.75) is 24.7 Å². The molecule has 8 heteroatoms. The van der Waals surface area contributed by atoms with E-state index in [1.165, 1.54) is 41.4 Å². The van der Waals surface area contributed by atoms with E-state index in [1.54, 1.807) is 18.5 Å². The second-order valence-electron chi connectivity index (χ2n) is 7.40. The second kappa shape index (κ2) is 8.39.